The lowest BCUT2D eigenvalue weighted by atomic mass is 10.1. The smallest absolute Gasteiger partial charge is 0.316 e. The monoisotopic (exact) mass is 357 g/mol. The highest BCUT2D eigenvalue weighted by molar-refractivity contribution is 5.47. The molecular weight excluding hydrogens is 330 g/mol. The molecule has 0 saturated heterocycles. The van der Waals surface area contributed by atoms with Crippen LogP contribution in [0.3, 0.4) is 0 Å². The zero-order chi connectivity index (χ0) is 18.6. The van der Waals surface area contributed by atoms with Gasteiger partial charge in [-0.05, 0) is 39.2 Å². The van der Waals surface area contributed by atoms with Crippen LogP contribution in [0.2, 0.25) is 0 Å². The summed E-state index contributed by atoms with van der Waals surface area (Å²) in [6, 6.07) is 2.30. The van der Waals surface area contributed by atoms with Gasteiger partial charge >= 0.3 is 6.01 Å². The topological polar surface area (TPSA) is 93.1 Å². The summed E-state index contributed by atoms with van der Waals surface area (Å²) in [4.78, 5) is 16.8. The Kier molecular flexibility index (Phi) is 8.48. The second-order valence-corrected chi connectivity index (χ2v) is 5.81. The molecule has 0 bridgehead atoms. The predicted octanol–water partition coefficient (Wildman–Crippen LogP) is 2.88. The van der Waals surface area contributed by atoms with Crippen LogP contribution in [0.25, 0.3) is 6.08 Å². The third-order valence-corrected chi connectivity index (χ3v) is 3.66. The number of anilines is 1. The normalized spacial score (nSPS) is 12.3. The fourth-order valence-electron chi connectivity index (χ4n) is 2.37. The summed E-state index contributed by atoms with van der Waals surface area (Å²) in [7, 11) is 0. The Hall–Kier alpha value is -2.54. The van der Waals surface area contributed by atoms with Crippen molar-refractivity contribution in [1.29, 1.82) is 0 Å². The summed E-state index contributed by atoms with van der Waals surface area (Å²) in [6.45, 7) is 5.25. The zero-order valence-electron chi connectivity index (χ0n) is 15.4. The highest BCUT2D eigenvalue weighted by Crippen LogP contribution is 2.10. The van der Waals surface area contributed by atoms with Crippen molar-refractivity contribution in [2.75, 3.05) is 18.5 Å². The largest absolute Gasteiger partial charge is 0.464 e. The maximum absolute atomic E-state index is 10.1. The van der Waals surface area contributed by atoms with E-state index in [9.17, 15) is 5.11 Å². The summed E-state index contributed by atoms with van der Waals surface area (Å²) >= 11 is 0. The van der Waals surface area contributed by atoms with Crippen molar-refractivity contribution in [2.45, 2.75) is 45.6 Å². The van der Waals surface area contributed by atoms with E-state index < -0.39 is 6.10 Å². The summed E-state index contributed by atoms with van der Waals surface area (Å²) < 4.78 is 5.20. The SMILES string of the molecule is CCNc1nccc(CCCCC(O)/C=C/c2cnc(OCC)nc2)n1. The first kappa shape index (κ1) is 19.8. The number of hydrogen-bond donors (Lipinski definition) is 2. The standard InChI is InChI=1S/C19H27N5O2/c1-3-20-18-21-12-11-16(24-18)7-5-6-8-17(25)10-9-15-13-22-19(23-14-15)26-4-2/h9-14,17,25H,3-8H2,1-2H3,(H,20,21,24)/b10-9+. The number of nitrogens with one attached hydrogen (secondary N) is 1. The van der Waals surface area contributed by atoms with Crippen molar-refractivity contribution in [1.82, 2.24) is 19.9 Å². The van der Waals surface area contributed by atoms with Gasteiger partial charge in [0, 0.05) is 36.4 Å². The van der Waals surface area contributed by atoms with E-state index in [1.165, 1.54) is 0 Å². The predicted molar refractivity (Wildman–Crippen MR) is 102 cm³/mol. The Balaban J connectivity index is 1.69. The number of ether oxygens (including phenoxy) is 1. The van der Waals surface area contributed by atoms with Crippen molar-refractivity contribution >= 4 is 12.0 Å². The highest BCUT2D eigenvalue weighted by Gasteiger charge is 2.02. The van der Waals surface area contributed by atoms with Gasteiger partial charge in [0.2, 0.25) is 5.95 Å². The molecule has 0 aromatic carbocycles. The van der Waals surface area contributed by atoms with Gasteiger partial charge in [-0.2, -0.15) is 0 Å². The molecule has 2 aromatic heterocycles. The molecule has 140 valence electrons. The van der Waals surface area contributed by atoms with Gasteiger partial charge in [0.05, 0.1) is 12.7 Å². The number of aliphatic hydroxyl groups is 1. The van der Waals surface area contributed by atoms with E-state index >= 15 is 0 Å². The van der Waals surface area contributed by atoms with Gasteiger partial charge in [-0.15, -0.1) is 0 Å². The highest BCUT2D eigenvalue weighted by atomic mass is 16.5. The Morgan fingerprint density at radius 3 is 2.73 bits per heavy atom. The number of unbranched alkanes of at least 4 members (excludes halogenated alkanes) is 1. The molecule has 2 aromatic rings. The fraction of sp³-hybridized carbons (Fsp3) is 0.474. The Morgan fingerprint density at radius 2 is 2.00 bits per heavy atom. The molecule has 0 aliphatic rings. The van der Waals surface area contributed by atoms with Crippen LogP contribution in [-0.4, -0.2) is 44.3 Å². The molecule has 0 fully saturated rings. The minimum atomic E-state index is -0.482. The molecule has 1 atom stereocenters. The lowest BCUT2D eigenvalue weighted by molar-refractivity contribution is 0.209. The van der Waals surface area contributed by atoms with Crippen LogP contribution in [0.5, 0.6) is 6.01 Å². The van der Waals surface area contributed by atoms with Gasteiger partial charge in [0.1, 0.15) is 0 Å². The number of rotatable bonds is 11. The minimum absolute atomic E-state index is 0.368. The van der Waals surface area contributed by atoms with Crippen molar-refractivity contribution in [2.24, 2.45) is 0 Å². The van der Waals surface area contributed by atoms with Gasteiger partial charge in [-0.3, -0.25) is 0 Å². The third-order valence-electron chi connectivity index (χ3n) is 3.66. The first-order valence-electron chi connectivity index (χ1n) is 9.08. The molecule has 0 saturated carbocycles. The van der Waals surface area contributed by atoms with Crippen LogP contribution in [0.4, 0.5) is 5.95 Å². The van der Waals surface area contributed by atoms with E-state index in [-0.39, 0.29) is 0 Å². The number of aryl methyl sites for hydroxylation is 1. The molecule has 0 aliphatic carbocycles. The maximum atomic E-state index is 10.1. The Bertz CT molecular complexity index is 676. The third kappa shape index (κ3) is 7.14. The molecule has 2 rings (SSSR count). The first-order valence-corrected chi connectivity index (χ1v) is 9.08. The molecule has 0 radical (unpaired) electrons. The fourth-order valence-corrected chi connectivity index (χ4v) is 2.37. The number of aromatic nitrogens is 4. The molecule has 2 heterocycles. The van der Waals surface area contributed by atoms with E-state index in [4.69, 9.17) is 4.74 Å². The molecule has 1 unspecified atom stereocenters. The van der Waals surface area contributed by atoms with E-state index in [2.05, 4.69) is 25.3 Å². The van der Waals surface area contributed by atoms with Crippen molar-refractivity contribution in [3.05, 3.63) is 42.0 Å². The lowest BCUT2D eigenvalue weighted by Crippen LogP contribution is -2.04. The molecule has 2 N–H and O–H groups in total. The molecule has 26 heavy (non-hydrogen) atoms. The van der Waals surface area contributed by atoms with Gasteiger partial charge < -0.3 is 15.2 Å². The number of nitrogens with zero attached hydrogens (tertiary/aromatic N) is 4. The average molecular weight is 357 g/mol. The number of hydrogen-bond acceptors (Lipinski definition) is 7. The van der Waals surface area contributed by atoms with Gasteiger partial charge in [-0.25, -0.2) is 19.9 Å². The van der Waals surface area contributed by atoms with Crippen molar-refractivity contribution in [3.63, 3.8) is 0 Å². The van der Waals surface area contributed by atoms with Gasteiger partial charge in [0.25, 0.3) is 0 Å². The van der Waals surface area contributed by atoms with Gasteiger partial charge in [0.15, 0.2) is 0 Å². The maximum Gasteiger partial charge on any atom is 0.316 e. The van der Waals surface area contributed by atoms with Crippen LogP contribution in [-0.2, 0) is 6.42 Å². The van der Waals surface area contributed by atoms with Crippen molar-refractivity contribution in [3.8, 4) is 6.01 Å². The van der Waals surface area contributed by atoms with Crippen LogP contribution < -0.4 is 10.1 Å². The first-order chi connectivity index (χ1) is 12.7. The van der Waals surface area contributed by atoms with Crippen LogP contribution in [0.15, 0.2) is 30.7 Å². The quantitative estimate of drug-likeness (QED) is 0.597. The van der Waals surface area contributed by atoms with Crippen LogP contribution in [0.1, 0.15) is 44.4 Å². The summed E-state index contributed by atoms with van der Waals surface area (Å²) in [5, 5.41) is 13.2. The molecule has 0 aliphatic heterocycles. The van der Waals surface area contributed by atoms with E-state index in [0.717, 1.165) is 37.1 Å². The Labute approximate surface area is 154 Å². The molecule has 0 spiro atoms. The van der Waals surface area contributed by atoms with E-state index in [1.807, 2.05) is 26.0 Å². The van der Waals surface area contributed by atoms with Crippen molar-refractivity contribution < 1.29 is 9.84 Å². The summed E-state index contributed by atoms with van der Waals surface area (Å²) in [5.74, 6) is 0.672. The Morgan fingerprint density at radius 1 is 1.19 bits per heavy atom. The van der Waals surface area contributed by atoms with E-state index in [0.29, 0.717) is 25.0 Å². The molecule has 7 nitrogen and oxygen atoms in total. The van der Waals surface area contributed by atoms with E-state index in [1.54, 1.807) is 24.7 Å². The molecule has 0 amide bonds. The molecule has 7 heteroatoms. The van der Waals surface area contributed by atoms with Gasteiger partial charge in [-0.1, -0.05) is 18.6 Å². The number of aliphatic hydroxyl groups excluding tert-OH is 1. The summed E-state index contributed by atoms with van der Waals surface area (Å²) in [6.07, 6.45) is 11.7. The summed E-state index contributed by atoms with van der Waals surface area (Å²) in [5.41, 5.74) is 1.86. The second-order valence-electron chi connectivity index (χ2n) is 5.81. The average Bonchev–Trinajstić information content (AvgIpc) is 2.66. The minimum Gasteiger partial charge on any atom is -0.464 e. The van der Waals surface area contributed by atoms with Crippen LogP contribution >= 0.6 is 0 Å². The lowest BCUT2D eigenvalue weighted by Gasteiger charge is -2.06. The molecular formula is C19H27N5O2. The zero-order valence-corrected chi connectivity index (χ0v) is 15.4. The van der Waals surface area contributed by atoms with Crippen LogP contribution in [0, 0.1) is 0 Å². The second kappa shape index (κ2) is 11.1.